The van der Waals surface area contributed by atoms with E-state index in [1.807, 2.05) is 51.1 Å². The molecule has 2 rings (SSSR count). The lowest BCUT2D eigenvalue weighted by molar-refractivity contribution is 0.0480. The van der Waals surface area contributed by atoms with Crippen molar-refractivity contribution in [3.05, 3.63) is 30.3 Å². The van der Waals surface area contributed by atoms with Crippen LogP contribution in [-0.2, 0) is 4.74 Å². The van der Waals surface area contributed by atoms with Gasteiger partial charge in [-0.3, -0.25) is 0 Å². The van der Waals surface area contributed by atoms with Crippen molar-refractivity contribution in [3.63, 3.8) is 0 Å². The molecule has 1 aromatic carbocycles. The SMILES string of the molecule is CC(C)(C)OC(=O)NC1CCCN(C(=O)Nc2ccccc2)C1. The Kier molecular flexibility index (Phi) is 5.47. The summed E-state index contributed by atoms with van der Waals surface area (Å²) in [5.41, 5.74) is 0.239. The average molecular weight is 319 g/mol. The van der Waals surface area contributed by atoms with Crippen molar-refractivity contribution >= 4 is 17.8 Å². The highest BCUT2D eigenvalue weighted by Gasteiger charge is 2.26. The Morgan fingerprint density at radius 1 is 1.22 bits per heavy atom. The van der Waals surface area contributed by atoms with Gasteiger partial charge >= 0.3 is 12.1 Å². The Morgan fingerprint density at radius 2 is 1.91 bits per heavy atom. The molecule has 3 amide bonds. The van der Waals surface area contributed by atoms with Gasteiger partial charge in [-0.05, 0) is 45.7 Å². The number of ether oxygens (including phenoxy) is 1. The van der Waals surface area contributed by atoms with Crippen molar-refractivity contribution in [2.75, 3.05) is 18.4 Å². The number of likely N-dealkylation sites (tertiary alicyclic amines) is 1. The number of piperidine rings is 1. The molecule has 0 spiro atoms. The minimum Gasteiger partial charge on any atom is -0.444 e. The van der Waals surface area contributed by atoms with Crippen molar-refractivity contribution in [1.82, 2.24) is 10.2 Å². The summed E-state index contributed by atoms with van der Waals surface area (Å²) in [4.78, 5) is 25.9. The molecule has 1 aliphatic heterocycles. The Hall–Kier alpha value is -2.24. The standard InChI is InChI=1S/C17H25N3O3/c1-17(2,3)23-16(22)19-14-10-7-11-20(12-14)15(21)18-13-8-5-4-6-9-13/h4-6,8-9,14H,7,10-12H2,1-3H3,(H,18,21)(H,19,22). The maximum absolute atomic E-state index is 12.3. The molecule has 1 saturated heterocycles. The molecule has 0 aromatic heterocycles. The number of hydrogen-bond acceptors (Lipinski definition) is 3. The van der Waals surface area contributed by atoms with E-state index in [0.29, 0.717) is 13.1 Å². The van der Waals surface area contributed by atoms with Crippen molar-refractivity contribution < 1.29 is 14.3 Å². The molecule has 0 aliphatic carbocycles. The lowest BCUT2D eigenvalue weighted by Gasteiger charge is -2.33. The van der Waals surface area contributed by atoms with E-state index >= 15 is 0 Å². The molecule has 1 heterocycles. The molecule has 1 aliphatic rings. The third-order valence-corrected chi connectivity index (χ3v) is 3.45. The Balaban J connectivity index is 1.85. The number of carbonyl (C=O) groups excluding carboxylic acids is 2. The molecule has 23 heavy (non-hydrogen) atoms. The van der Waals surface area contributed by atoms with Crippen LogP contribution in [0.4, 0.5) is 15.3 Å². The van der Waals surface area contributed by atoms with Gasteiger partial charge in [0.1, 0.15) is 5.60 Å². The summed E-state index contributed by atoms with van der Waals surface area (Å²) < 4.78 is 5.26. The number of nitrogens with zero attached hydrogens (tertiary/aromatic N) is 1. The second-order valence-electron chi connectivity index (χ2n) is 6.73. The van der Waals surface area contributed by atoms with Crippen LogP contribution in [0, 0.1) is 0 Å². The average Bonchev–Trinajstić information content (AvgIpc) is 2.46. The van der Waals surface area contributed by atoms with Gasteiger partial charge in [-0.25, -0.2) is 9.59 Å². The molecule has 1 unspecified atom stereocenters. The van der Waals surface area contributed by atoms with Crippen LogP contribution >= 0.6 is 0 Å². The zero-order valence-electron chi connectivity index (χ0n) is 14.0. The van der Waals surface area contributed by atoms with Crippen LogP contribution in [0.2, 0.25) is 0 Å². The van der Waals surface area contributed by atoms with Gasteiger partial charge in [0, 0.05) is 24.8 Å². The molecular weight excluding hydrogens is 294 g/mol. The number of nitrogens with one attached hydrogen (secondary N) is 2. The molecule has 1 atom stereocenters. The molecule has 2 N–H and O–H groups in total. The van der Waals surface area contributed by atoms with Crippen molar-refractivity contribution in [2.45, 2.75) is 45.3 Å². The highest BCUT2D eigenvalue weighted by Crippen LogP contribution is 2.14. The monoisotopic (exact) mass is 319 g/mol. The highest BCUT2D eigenvalue weighted by atomic mass is 16.6. The van der Waals surface area contributed by atoms with Gasteiger partial charge in [0.2, 0.25) is 0 Å². The predicted molar refractivity (Wildman–Crippen MR) is 89.4 cm³/mol. The predicted octanol–water partition coefficient (Wildman–Crippen LogP) is 3.21. The van der Waals surface area contributed by atoms with Crippen LogP contribution in [0.3, 0.4) is 0 Å². The molecule has 126 valence electrons. The van der Waals surface area contributed by atoms with Gasteiger partial charge in [-0.2, -0.15) is 0 Å². The highest BCUT2D eigenvalue weighted by molar-refractivity contribution is 5.89. The summed E-state index contributed by atoms with van der Waals surface area (Å²) in [7, 11) is 0. The maximum Gasteiger partial charge on any atom is 0.407 e. The van der Waals surface area contributed by atoms with E-state index in [-0.39, 0.29) is 12.1 Å². The summed E-state index contributed by atoms with van der Waals surface area (Å²) in [6.07, 6.45) is 1.25. The van der Waals surface area contributed by atoms with Gasteiger partial charge in [-0.15, -0.1) is 0 Å². The summed E-state index contributed by atoms with van der Waals surface area (Å²) in [6.45, 7) is 6.65. The number of hydrogen-bond donors (Lipinski definition) is 2. The minimum atomic E-state index is -0.525. The zero-order valence-corrected chi connectivity index (χ0v) is 14.0. The molecular formula is C17H25N3O3. The van der Waals surface area contributed by atoms with Crippen molar-refractivity contribution in [2.24, 2.45) is 0 Å². The third kappa shape index (κ3) is 5.81. The van der Waals surface area contributed by atoms with Crippen LogP contribution in [-0.4, -0.2) is 41.8 Å². The largest absolute Gasteiger partial charge is 0.444 e. The Morgan fingerprint density at radius 3 is 2.57 bits per heavy atom. The third-order valence-electron chi connectivity index (χ3n) is 3.45. The number of anilines is 1. The minimum absolute atomic E-state index is 0.0832. The lowest BCUT2D eigenvalue weighted by atomic mass is 10.1. The van der Waals surface area contributed by atoms with E-state index in [2.05, 4.69) is 10.6 Å². The molecule has 0 saturated carbocycles. The molecule has 1 aromatic rings. The van der Waals surface area contributed by atoms with E-state index in [1.54, 1.807) is 4.90 Å². The number of benzene rings is 1. The first-order valence-electron chi connectivity index (χ1n) is 7.94. The quantitative estimate of drug-likeness (QED) is 0.879. The van der Waals surface area contributed by atoms with Crippen molar-refractivity contribution in [1.29, 1.82) is 0 Å². The van der Waals surface area contributed by atoms with Crippen LogP contribution in [0.5, 0.6) is 0 Å². The van der Waals surface area contributed by atoms with E-state index in [4.69, 9.17) is 4.74 Å². The summed E-state index contributed by atoms with van der Waals surface area (Å²) >= 11 is 0. The fourth-order valence-corrected chi connectivity index (χ4v) is 2.48. The summed E-state index contributed by atoms with van der Waals surface area (Å²) in [5, 5.41) is 5.71. The number of alkyl carbamates (subject to hydrolysis) is 1. The topological polar surface area (TPSA) is 70.7 Å². The second kappa shape index (κ2) is 7.35. The zero-order chi connectivity index (χ0) is 16.9. The van der Waals surface area contributed by atoms with E-state index in [0.717, 1.165) is 18.5 Å². The summed E-state index contributed by atoms with van der Waals surface area (Å²) in [5.74, 6) is 0. The number of para-hydroxylation sites is 1. The normalized spacial score (nSPS) is 18.2. The van der Waals surface area contributed by atoms with Crippen LogP contribution in [0.25, 0.3) is 0 Å². The number of carbonyl (C=O) groups is 2. The van der Waals surface area contributed by atoms with Gasteiger partial charge in [-0.1, -0.05) is 18.2 Å². The molecule has 0 bridgehead atoms. The van der Waals surface area contributed by atoms with E-state index < -0.39 is 11.7 Å². The fourth-order valence-electron chi connectivity index (χ4n) is 2.48. The smallest absolute Gasteiger partial charge is 0.407 e. The number of amides is 3. The van der Waals surface area contributed by atoms with Gasteiger partial charge in [0.05, 0.1) is 0 Å². The first kappa shape index (κ1) is 17.1. The number of urea groups is 1. The van der Waals surface area contributed by atoms with Crippen LogP contribution < -0.4 is 10.6 Å². The molecule has 1 fully saturated rings. The first-order valence-corrected chi connectivity index (χ1v) is 7.94. The summed E-state index contributed by atoms with van der Waals surface area (Å²) in [6, 6.07) is 9.11. The first-order chi connectivity index (χ1) is 10.8. The Labute approximate surface area is 137 Å². The number of rotatable bonds is 2. The van der Waals surface area contributed by atoms with Gasteiger partial charge in [0.25, 0.3) is 0 Å². The van der Waals surface area contributed by atoms with Gasteiger partial charge < -0.3 is 20.3 Å². The van der Waals surface area contributed by atoms with E-state index in [1.165, 1.54) is 0 Å². The van der Waals surface area contributed by atoms with Gasteiger partial charge in [0.15, 0.2) is 0 Å². The molecule has 6 heteroatoms. The maximum atomic E-state index is 12.3. The van der Waals surface area contributed by atoms with Crippen LogP contribution in [0.1, 0.15) is 33.6 Å². The van der Waals surface area contributed by atoms with Crippen molar-refractivity contribution in [3.8, 4) is 0 Å². The fraction of sp³-hybridized carbons (Fsp3) is 0.529. The Bertz CT molecular complexity index is 540. The van der Waals surface area contributed by atoms with Crippen LogP contribution in [0.15, 0.2) is 30.3 Å². The molecule has 6 nitrogen and oxygen atoms in total. The lowest BCUT2D eigenvalue weighted by Crippen LogP contribution is -2.51. The second-order valence-corrected chi connectivity index (χ2v) is 6.73. The molecule has 0 radical (unpaired) electrons. The van der Waals surface area contributed by atoms with E-state index in [9.17, 15) is 9.59 Å².